The molecular weight excluding hydrogens is 302 g/mol. The van der Waals surface area contributed by atoms with Crippen molar-refractivity contribution in [2.24, 2.45) is 5.92 Å². The number of hydrogen-bond acceptors (Lipinski definition) is 4. The number of aromatic nitrogens is 2. The van der Waals surface area contributed by atoms with E-state index in [0.29, 0.717) is 17.6 Å². The van der Waals surface area contributed by atoms with Gasteiger partial charge >= 0.3 is 0 Å². The highest BCUT2D eigenvalue weighted by atomic mass is 16.5. The lowest BCUT2D eigenvalue weighted by Gasteiger charge is -2.32. The maximum atomic E-state index is 12.5. The molecule has 5 heteroatoms. The Morgan fingerprint density at radius 1 is 1.04 bits per heavy atom. The third-order valence-electron chi connectivity index (χ3n) is 5.33. The van der Waals surface area contributed by atoms with E-state index in [2.05, 4.69) is 10.1 Å². The number of carbonyl (C=O) groups excluding carboxylic acids is 1. The largest absolute Gasteiger partial charge is 0.342 e. The van der Waals surface area contributed by atoms with E-state index in [-0.39, 0.29) is 11.8 Å². The fourth-order valence-electron chi connectivity index (χ4n) is 3.88. The van der Waals surface area contributed by atoms with E-state index in [1.165, 1.54) is 12.8 Å². The van der Waals surface area contributed by atoms with Gasteiger partial charge in [0.2, 0.25) is 17.6 Å². The molecule has 24 heavy (non-hydrogen) atoms. The lowest BCUT2D eigenvalue weighted by Crippen LogP contribution is -2.40. The number of piperidine rings is 1. The zero-order chi connectivity index (χ0) is 16.4. The second-order valence-electron chi connectivity index (χ2n) is 6.90. The summed E-state index contributed by atoms with van der Waals surface area (Å²) in [6, 6.07) is 9.88. The van der Waals surface area contributed by atoms with Gasteiger partial charge in [-0.05, 0) is 25.7 Å². The van der Waals surface area contributed by atoms with Crippen LogP contribution in [0.1, 0.15) is 50.3 Å². The summed E-state index contributed by atoms with van der Waals surface area (Å²) in [5, 5.41) is 4.11. The van der Waals surface area contributed by atoms with Crippen molar-refractivity contribution in [2.45, 2.75) is 44.4 Å². The maximum absolute atomic E-state index is 12.5. The Bertz CT molecular complexity index is 684. The van der Waals surface area contributed by atoms with Crippen LogP contribution in [0.5, 0.6) is 0 Å². The molecule has 0 bridgehead atoms. The zero-order valence-electron chi connectivity index (χ0n) is 13.9. The van der Waals surface area contributed by atoms with Crippen molar-refractivity contribution in [3.8, 4) is 11.4 Å². The summed E-state index contributed by atoms with van der Waals surface area (Å²) in [5.74, 6) is 2.26. The first-order valence-electron chi connectivity index (χ1n) is 8.99. The van der Waals surface area contributed by atoms with Crippen LogP contribution in [0, 0.1) is 5.92 Å². The van der Waals surface area contributed by atoms with Gasteiger partial charge < -0.3 is 9.42 Å². The van der Waals surface area contributed by atoms with Crippen molar-refractivity contribution >= 4 is 5.91 Å². The second kappa shape index (κ2) is 6.75. The molecule has 0 radical (unpaired) electrons. The van der Waals surface area contributed by atoms with Crippen LogP contribution in [-0.4, -0.2) is 34.0 Å². The second-order valence-corrected chi connectivity index (χ2v) is 6.90. The van der Waals surface area contributed by atoms with E-state index < -0.39 is 0 Å². The van der Waals surface area contributed by atoms with E-state index in [9.17, 15) is 4.79 Å². The topological polar surface area (TPSA) is 59.2 Å². The normalized spacial score (nSPS) is 19.8. The molecule has 5 nitrogen and oxygen atoms in total. The molecule has 2 aromatic rings. The SMILES string of the molecule is O=C(C1CCCC1)N1CCC(c2nc(-c3ccccc3)no2)CC1. The standard InChI is InChI=1S/C19H23N3O2/c23-19(16-8-4-5-9-16)22-12-10-15(11-13-22)18-20-17(21-24-18)14-6-2-1-3-7-14/h1-3,6-7,15-16H,4-5,8-13H2. The van der Waals surface area contributed by atoms with Crippen LogP contribution in [0.4, 0.5) is 0 Å². The predicted octanol–water partition coefficient (Wildman–Crippen LogP) is 3.63. The summed E-state index contributed by atoms with van der Waals surface area (Å²) in [4.78, 5) is 19.1. The Kier molecular flexibility index (Phi) is 4.32. The fourth-order valence-corrected chi connectivity index (χ4v) is 3.88. The molecule has 1 aromatic heterocycles. The van der Waals surface area contributed by atoms with Gasteiger partial charge in [-0.15, -0.1) is 0 Å². The molecule has 4 rings (SSSR count). The fraction of sp³-hybridized carbons (Fsp3) is 0.526. The highest BCUT2D eigenvalue weighted by Crippen LogP contribution is 2.31. The van der Waals surface area contributed by atoms with E-state index in [1.807, 2.05) is 35.2 Å². The van der Waals surface area contributed by atoms with Crippen LogP contribution in [0.3, 0.4) is 0 Å². The zero-order valence-corrected chi connectivity index (χ0v) is 13.9. The van der Waals surface area contributed by atoms with Gasteiger partial charge in [0.25, 0.3) is 0 Å². The molecule has 0 N–H and O–H groups in total. The van der Waals surface area contributed by atoms with Gasteiger partial charge in [0.15, 0.2) is 0 Å². The first kappa shape index (κ1) is 15.4. The summed E-state index contributed by atoms with van der Waals surface area (Å²) in [5.41, 5.74) is 0.973. The van der Waals surface area contributed by atoms with Gasteiger partial charge in [-0.3, -0.25) is 4.79 Å². The van der Waals surface area contributed by atoms with Crippen LogP contribution in [0.15, 0.2) is 34.9 Å². The lowest BCUT2D eigenvalue weighted by atomic mass is 9.95. The Morgan fingerprint density at radius 3 is 2.46 bits per heavy atom. The molecule has 2 heterocycles. The van der Waals surface area contributed by atoms with Crippen molar-refractivity contribution < 1.29 is 9.32 Å². The Morgan fingerprint density at radius 2 is 1.75 bits per heavy atom. The van der Waals surface area contributed by atoms with Crippen molar-refractivity contribution in [1.29, 1.82) is 0 Å². The minimum atomic E-state index is 0.266. The molecular formula is C19H23N3O2. The lowest BCUT2D eigenvalue weighted by molar-refractivity contribution is -0.136. The van der Waals surface area contributed by atoms with Gasteiger partial charge in [0.05, 0.1) is 0 Å². The van der Waals surface area contributed by atoms with E-state index in [1.54, 1.807) is 0 Å². The number of benzene rings is 1. The highest BCUT2D eigenvalue weighted by Gasteiger charge is 2.32. The van der Waals surface area contributed by atoms with Gasteiger partial charge in [-0.2, -0.15) is 4.98 Å². The Hall–Kier alpha value is -2.17. The highest BCUT2D eigenvalue weighted by molar-refractivity contribution is 5.79. The quantitative estimate of drug-likeness (QED) is 0.864. The summed E-state index contributed by atoms with van der Waals surface area (Å²) >= 11 is 0. The van der Waals surface area contributed by atoms with Crippen molar-refractivity contribution in [3.63, 3.8) is 0 Å². The van der Waals surface area contributed by atoms with Gasteiger partial charge in [0, 0.05) is 30.5 Å². The van der Waals surface area contributed by atoms with E-state index >= 15 is 0 Å². The van der Waals surface area contributed by atoms with Crippen LogP contribution < -0.4 is 0 Å². The molecule has 1 amide bonds. The van der Waals surface area contributed by atoms with Gasteiger partial charge in [-0.25, -0.2) is 0 Å². The monoisotopic (exact) mass is 325 g/mol. The molecule has 1 saturated carbocycles. The van der Waals surface area contributed by atoms with E-state index in [4.69, 9.17) is 4.52 Å². The first-order valence-corrected chi connectivity index (χ1v) is 8.99. The molecule has 1 saturated heterocycles. The van der Waals surface area contributed by atoms with Crippen LogP contribution in [0.25, 0.3) is 11.4 Å². The van der Waals surface area contributed by atoms with Crippen molar-refractivity contribution in [3.05, 3.63) is 36.2 Å². The molecule has 1 aromatic carbocycles. The molecule has 0 unspecified atom stereocenters. The van der Waals surface area contributed by atoms with Crippen LogP contribution in [0.2, 0.25) is 0 Å². The molecule has 1 aliphatic heterocycles. The number of carbonyl (C=O) groups is 1. The maximum Gasteiger partial charge on any atom is 0.230 e. The minimum absolute atomic E-state index is 0.266. The Balaban J connectivity index is 1.38. The summed E-state index contributed by atoms with van der Waals surface area (Å²) in [6.45, 7) is 1.62. The average molecular weight is 325 g/mol. The van der Waals surface area contributed by atoms with Gasteiger partial charge in [0.1, 0.15) is 0 Å². The van der Waals surface area contributed by atoms with Crippen molar-refractivity contribution in [2.75, 3.05) is 13.1 Å². The predicted molar refractivity (Wildman–Crippen MR) is 90.2 cm³/mol. The summed E-state index contributed by atoms with van der Waals surface area (Å²) in [6.07, 6.45) is 6.38. The average Bonchev–Trinajstić information content (AvgIpc) is 3.34. The number of likely N-dealkylation sites (tertiary alicyclic amines) is 1. The number of hydrogen-bond donors (Lipinski definition) is 0. The third kappa shape index (κ3) is 3.07. The number of nitrogens with zero attached hydrogens (tertiary/aromatic N) is 3. The molecule has 0 spiro atoms. The smallest absolute Gasteiger partial charge is 0.230 e. The number of rotatable bonds is 3. The summed E-state index contributed by atoms with van der Waals surface area (Å²) < 4.78 is 5.49. The van der Waals surface area contributed by atoms with Crippen LogP contribution >= 0.6 is 0 Å². The first-order chi connectivity index (χ1) is 11.8. The third-order valence-corrected chi connectivity index (χ3v) is 5.33. The molecule has 0 atom stereocenters. The number of amides is 1. The van der Waals surface area contributed by atoms with Crippen molar-refractivity contribution in [1.82, 2.24) is 15.0 Å². The Labute approximate surface area is 142 Å². The molecule has 2 aliphatic rings. The van der Waals surface area contributed by atoms with Crippen LogP contribution in [-0.2, 0) is 4.79 Å². The van der Waals surface area contributed by atoms with Gasteiger partial charge in [-0.1, -0.05) is 48.3 Å². The molecule has 1 aliphatic carbocycles. The molecule has 2 fully saturated rings. The minimum Gasteiger partial charge on any atom is -0.342 e. The summed E-state index contributed by atoms with van der Waals surface area (Å²) in [7, 11) is 0. The molecule has 126 valence electrons. The van der Waals surface area contributed by atoms with E-state index in [0.717, 1.165) is 44.3 Å².